The number of hydrogen-bond donors (Lipinski definition) is 2. The van der Waals surface area contributed by atoms with Crippen molar-refractivity contribution in [3.8, 4) is 0 Å². The fourth-order valence-electron chi connectivity index (χ4n) is 2.08. The van der Waals surface area contributed by atoms with Crippen LogP contribution in [-0.4, -0.2) is 17.6 Å². The summed E-state index contributed by atoms with van der Waals surface area (Å²) in [5.41, 5.74) is 8.66. The Bertz CT molecular complexity index is 564. The van der Waals surface area contributed by atoms with Gasteiger partial charge in [0.15, 0.2) is 5.84 Å². The molecule has 2 rings (SSSR count). The minimum absolute atomic E-state index is 0.131. The lowest BCUT2D eigenvalue weighted by Gasteiger charge is -2.23. The summed E-state index contributed by atoms with van der Waals surface area (Å²) in [7, 11) is 0. The second kappa shape index (κ2) is 6.61. The zero-order valence-corrected chi connectivity index (χ0v) is 11.5. The fraction of sp³-hybridized carbons (Fsp3) is 0.188. The largest absolute Gasteiger partial charge is 0.409 e. The molecule has 4 heteroatoms. The van der Waals surface area contributed by atoms with Crippen LogP contribution >= 0.6 is 0 Å². The molecule has 0 unspecified atom stereocenters. The van der Waals surface area contributed by atoms with E-state index in [1.165, 1.54) is 11.3 Å². The average Bonchev–Trinajstić information content (AvgIpc) is 2.53. The van der Waals surface area contributed by atoms with Crippen molar-refractivity contribution in [1.29, 1.82) is 0 Å². The van der Waals surface area contributed by atoms with Gasteiger partial charge in [-0.25, -0.2) is 0 Å². The fourth-order valence-corrected chi connectivity index (χ4v) is 2.08. The second-order valence-corrected chi connectivity index (χ2v) is 4.53. The highest BCUT2D eigenvalue weighted by molar-refractivity contribution is 5.96. The zero-order valence-electron chi connectivity index (χ0n) is 11.5. The maximum absolute atomic E-state index is 8.64. The number of amidine groups is 1. The predicted molar refractivity (Wildman–Crippen MR) is 82.1 cm³/mol. The molecule has 0 saturated heterocycles. The molecule has 0 aromatic heterocycles. The summed E-state index contributed by atoms with van der Waals surface area (Å²) in [6.45, 7) is 3.90. The zero-order chi connectivity index (χ0) is 14.4. The van der Waals surface area contributed by atoms with E-state index in [2.05, 4.69) is 29.1 Å². The Morgan fingerprint density at radius 1 is 1.10 bits per heavy atom. The molecule has 0 saturated carbocycles. The highest BCUT2D eigenvalue weighted by Gasteiger charge is 2.05. The van der Waals surface area contributed by atoms with E-state index in [-0.39, 0.29) is 5.84 Å². The van der Waals surface area contributed by atoms with Crippen LogP contribution in [0.3, 0.4) is 0 Å². The van der Waals surface area contributed by atoms with E-state index < -0.39 is 0 Å². The third-order valence-corrected chi connectivity index (χ3v) is 3.23. The highest BCUT2D eigenvalue weighted by atomic mass is 16.4. The lowest BCUT2D eigenvalue weighted by molar-refractivity contribution is 0.318. The van der Waals surface area contributed by atoms with E-state index in [9.17, 15) is 0 Å². The molecule has 0 aliphatic rings. The van der Waals surface area contributed by atoms with Crippen LogP contribution in [0.1, 0.15) is 18.1 Å². The van der Waals surface area contributed by atoms with Gasteiger partial charge >= 0.3 is 0 Å². The van der Waals surface area contributed by atoms with Crippen LogP contribution in [0.4, 0.5) is 5.69 Å². The molecule has 0 aliphatic carbocycles. The Labute approximate surface area is 119 Å². The van der Waals surface area contributed by atoms with Gasteiger partial charge in [0.1, 0.15) is 0 Å². The van der Waals surface area contributed by atoms with Crippen molar-refractivity contribution >= 4 is 11.5 Å². The molecule has 0 radical (unpaired) electrons. The van der Waals surface area contributed by atoms with Crippen LogP contribution in [-0.2, 0) is 6.54 Å². The molecule has 0 fully saturated rings. The number of benzene rings is 2. The minimum atomic E-state index is 0.131. The van der Waals surface area contributed by atoms with E-state index in [1.807, 2.05) is 42.5 Å². The number of oxime groups is 1. The molecule has 0 spiro atoms. The summed E-state index contributed by atoms with van der Waals surface area (Å²) in [6, 6.07) is 18.0. The normalized spacial score (nSPS) is 11.3. The first kappa shape index (κ1) is 13.9. The maximum atomic E-state index is 8.64. The number of nitrogens with two attached hydrogens (primary N) is 1. The predicted octanol–water partition coefficient (Wildman–Crippen LogP) is 2.81. The summed E-state index contributed by atoms with van der Waals surface area (Å²) in [5.74, 6) is 0.131. The van der Waals surface area contributed by atoms with Gasteiger partial charge in [-0.2, -0.15) is 0 Å². The van der Waals surface area contributed by atoms with E-state index in [0.717, 1.165) is 18.7 Å². The van der Waals surface area contributed by atoms with Gasteiger partial charge in [-0.3, -0.25) is 0 Å². The second-order valence-electron chi connectivity index (χ2n) is 4.53. The lowest BCUT2D eigenvalue weighted by atomic mass is 10.1. The van der Waals surface area contributed by atoms with Crippen molar-refractivity contribution in [2.75, 3.05) is 11.4 Å². The van der Waals surface area contributed by atoms with Crippen LogP contribution in [0.5, 0.6) is 0 Å². The van der Waals surface area contributed by atoms with Crippen molar-refractivity contribution in [3.05, 3.63) is 65.7 Å². The molecule has 20 heavy (non-hydrogen) atoms. The maximum Gasteiger partial charge on any atom is 0.170 e. The number of rotatable bonds is 5. The van der Waals surface area contributed by atoms with Crippen LogP contribution in [0.25, 0.3) is 0 Å². The molecule has 3 N–H and O–H groups in total. The molecule has 0 heterocycles. The summed E-state index contributed by atoms with van der Waals surface area (Å²) in [4.78, 5) is 2.29. The third kappa shape index (κ3) is 3.29. The smallest absolute Gasteiger partial charge is 0.170 e. The standard InChI is InChI=1S/C16H19N3O/c1-2-19(15-6-4-3-5-7-15)12-13-8-10-14(11-9-13)16(17)18-20/h3-11,20H,2,12H2,1H3,(H2,17,18). The Balaban J connectivity index is 2.12. The summed E-state index contributed by atoms with van der Waals surface area (Å²) in [6.07, 6.45) is 0. The summed E-state index contributed by atoms with van der Waals surface area (Å²) < 4.78 is 0. The van der Waals surface area contributed by atoms with E-state index in [1.54, 1.807) is 0 Å². The van der Waals surface area contributed by atoms with Gasteiger partial charge in [0.05, 0.1) is 0 Å². The molecular formula is C16H19N3O. The summed E-state index contributed by atoms with van der Waals surface area (Å²) >= 11 is 0. The average molecular weight is 269 g/mol. The van der Waals surface area contributed by atoms with Crippen molar-refractivity contribution in [2.45, 2.75) is 13.5 Å². The minimum Gasteiger partial charge on any atom is -0.409 e. The Kier molecular flexibility index (Phi) is 4.60. The molecule has 4 nitrogen and oxygen atoms in total. The van der Waals surface area contributed by atoms with Gasteiger partial charge in [0.2, 0.25) is 0 Å². The molecular weight excluding hydrogens is 250 g/mol. The lowest BCUT2D eigenvalue weighted by Crippen LogP contribution is -2.22. The van der Waals surface area contributed by atoms with Crippen LogP contribution < -0.4 is 10.6 Å². The Morgan fingerprint density at radius 3 is 2.30 bits per heavy atom. The quantitative estimate of drug-likeness (QED) is 0.380. The van der Waals surface area contributed by atoms with Gasteiger partial charge in [-0.15, -0.1) is 0 Å². The number of anilines is 1. The van der Waals surface area contributed by atoms with E-state index in [0.29, 0.717) is 0 Å². The van der Waals surface area contributed by atoms with Crippen molar-refractivity contribution in [1.82, 2.24) is 0 Å². The number of para-hydroxylation sites is 1. The Morgan fingerprint density at radius 2 is 1.75 bits per heavy atom. The van der Waals surface area contributed by atoms with Crippen molar-refractivity contribution in [2.24, 2.45) is 10.9 Å². The van der Waals surface area contributed by atoms with Crippen LogP contribution in [0, 0.1) is 0 Å². The van der Waals surface area contributed by atoms with Crippen molar-refractivity contribution < 1.29 is 5.21 Å². The third-order valence-electron chi connectivity index (χ3n) is 3.23. The first-order chi connectivity index (χ1) is 9.74. The van der Waals surface area contributed by atoms with E-state index >= 15 is 0 Å². The van der Waals surface area contributed by atoms with Crippen molar-refractivity contribution in [3.63, 3.8) is 0 Å². The Hall–Kier alpha value is -2.49. The van der Waals surface area contributed by atoms with Gasteiger partial charge in [0, 0.05) is 24.3 Å². The first-order valence-corrected chi connectivity index (χ1v) is 6.61. The van der Waals surface area contributed by atoms with E-state index in [4.69, 9.17) is 10.9 Å². The number of nitrogens with zero attached hydrogens (tertiary/aromatic N) is 2. The molecule has 0 atom stereocenters. The first-order valence-electron chi connectivity index (χ1n) is 6.61. The van der Waals surface area contributed by atoms with Gasteiger partial charge in [0.25, 0.3) is 0 Å². The molecule has 104 valence electrons. The molecule has 2 aromatic carbocycles. The molecule has 2 aromatic rings. The molecule has 0 amide bonds. The topological polar surface area (TPSA) is 61.8 Å². The number of hydrogen-bond acceptors (Lipinski definition) is 3. The van der Waals surface area contributed by atoms with Gasteiger partial charge in [-0.05, 0) is 24.6 Å². The highest BCUT2D eigenvalue weighted by Crippen LogP contribution is 2.16. The molecule has 0 aliphatic heterocycles. The SMILES string of the molecule is CCN(Cc1ccc(/C(N)=N/O)cc1)c1ccccc1. The monoisotopic (exact) mass is 269 g/mol. The molecule has 0 bridgehead atoms. The summed E-state index contributed by atoms with van der Waals surface area (Å²) in [5, 5.41) is 11.6. The van der Waals surface area contributed by atoms with Gasteiger partial charge in [-0.1, -0.05) is 47.6 Å². The van der Waals surface area contributed by atoms with Crippen LogP contribution in [0.15, 0.2) is 59.8 Å². The van der Waals surface area contributed by atoms with Gasteiger partial charge < -0.3 is 15.8 Å². The van der Waals surface area contributed by atoms with Crippen LogP contribution in [0.2, 0.25) is 0 Å².